The maximum Gasteiger partial charge on any atom is 0.338 e. The van der Waals surface area contributed by atoms with Crippen LogP contribution in [-0.2, 0) is 11.3 Å². The van der Waals surface area contributed by atoms with Gasteiger partial charge in [-0.3, -0.25) is 9.36 Å². The Kier molecular flexibility index (Phi) is 3.98. The van der Waals surface area contributed by atoms with Crippen LogP contribution in [0.4, 0.5) is 0 Å². The molecule has 0 fully saturated rings. The Morgan fingerprint density at radius 2 is 2.00 bits per heavy atom. The van der Waals surface area contributed by atoms with Gasteiger partial charge in [-0.15, -0.1) is 0 Å². The predicted molar refractivity (Wildman–Crippen MR) is 74.9 cm³/mol. The normalized spacial score (nSPS) is 10.3. The van der Waals surface area contributed by atoms with E-state index in [1.165, 1.54) is 18.0 Å². The number of rotatable bonds is 3. The first-order valence-corrected chi connectivity index (χ1v) is 6.23. The van der Waals surface area contributed by atoms with Crippen molar-refractivity contribution in [2.45, 2.75) is 20.4 Å². The van der Waals surface area contributed by atoms with Crippen LogP contribution in [0.2, 0.25) is 0 Å². The number of esters is 1. The highest BCUT2D eigenvalue weighted by atomic mass is 16.5. The molecule has 0 saturated carbocycles. The van der Waals surface area contributed by atoms with Gasteiger partial charge in [0.25, 0.3) is 5.56 Å². The van der Waals surface area contributed by atoms with Gasteiger partial charge >= 0.3 is 5.97 Å². The number of hydrogen-bond acceptors (Lipinski definition) is 4. The zero-order valence-corrected chi connectivity index (χ0v) is 11.7. The van der Waals surface area contributed by atoms with E-state index < -0.39 is 5.97 Å². The summed E-state index contributed by atoms with van der Waals surface area (Å²) in [5.41, 5.74) is 2.42. The molecule has 1 aromatic carbocycles. The molecule has 0 aliphatic heterocycles. The molecular formula is C15H16N2O3. The second kappa shape index (κ2) is 5.69. The number of hydrogen-bond donors (Lipinski definition) is 0. The van der Waals surface area contributed by atoms with E-state index in [2.05, 4.69) is 4.98 Å². The van der Waals surface area contributed by atoms with Crippen LogP contribution in [0.15, 0.2) is 35.4 Å². The van der Waals surface area contributed by atoms with Crippen LogP contribution >= 0.6 is 0 Å². The van der Waals surface area contributed by atoms with Crippen LogP contribution in [0.3, 0.4) is 0 Å². The summed E-state index contributed by atoms with van der Waals surface area (Å²) in [4.78, 5) is 28.0. The number of ether oxygens (including phenoxy) is 1. The van der Waals surface area contributed by atoms with Crippen molar-refractivity contribution in [3.63, 3.8) is 0 Å². The molecule has 0 radical (unpaired) electrons. The fourth-order valence-electron chi connectivity index (χ4n) is 1.94. The van der Waals surface area contributed by atoms with Crippen molar-refractivity contribution in [1.82, 2.24) is 9.55 Å². The summed E-state index contributed by atoms with van der Waals surface area (Å²) in [7, 11) is 1.34. The van der Waals surface area contributed by atoms with Gasteiger partial charge in [-0.25, -0.2) is 9.78 Å². The third-order valence-electron chi connectivity index (χ3n) is 3.28. The predicted octanol–water partition coefficient (Wildman–Crippen LogP) is 1.70. The lowest BCUT2D eigenvalue weighted by molar-refractivity contribution is 0.0599. The smallest absolute Gasteiger partial charge is 0.338 e. The lowest BCUT2D eigenvalue weighted by Crippen LogP contribution is -2.25. The van der Waals surface area contributed by atoms with Gasteiger partial charge in [0.05, 0.1) is 25.5 Å². The number of carbonyl (C=O) groups excluding carboxylic acids is 1. The average Bonchev–Trinajstić information content (AvgIpc) is 2.47. The maximum absolute atomic E-state index is 12.2. The Labute approximate surface area is 116 Å². The molecule has 0 atom stereocenters. The summed E-state index contributed by atoms with van der Waals surface area (Å²) in [6.45, 7) is 3.83. The highest BCUT2D eigenvalue weighted by molar-refractivity contribution is 5.90. The molecule has 0 bridgehead atoms. The number of aryl methyl sites for hydroxylation is 1. The quantitative estimate of drug-likeness (QED) is 0.798. The highest BCUT2D eigenvalue weighted by Gasteiger charge is 2.12. The summed E-state index contributed by atoms with van der Waals surface area (Å²) in [5.74, 6) is -0.412. The Balaban J connectivity index is 2.44. The summed E-state index contributed by atoms with van der Waals surface area (Å²) in [6, 6.07) is 7.06. The van der Waals surface area contributed by atoms with Crippen LogP contribution in [0.1, 0.15) is 27.2 Å². The first-order chi connectivity index (χ1) is 9.54. The minimum atomic E-state index is -0.412. The number of nitrogens with zero attached hydrogens (tertiary/aromatic N) is 2. The highest BCUT2D eigenvalue weighted by Crippen LogP contribution is 2.11. The number of benzene rings is 1. The Bertz CT molecular complexity index is 705. The molecule has 0 aliphatic rings. The molecule has 1 aromatic heterocycles. The van der Waals surface area contributed by atoms with Crippen LogP contribution < -0.4 is 5.56 Å². The Morgan fingerprint density at radius 3 is 2.70 bits per heavy atom. The van der Waals surface area contributed by atoms with E-state index in [9.17, 15) is 9.59 Å². The summed E-state index contributed by atoms with van der Waals surface area (Å²) in [6.07, 6.45) is 1.50. The Morgan fingerprint density at radius 1 is 1.30 bits per heavy atom. The third-order valence-corrected chi connectivity index (χ3v) is 3.28. The van der Waals surface area contributed by atoms with Gasteiger partial charge in [-0.2, -0.15) is 0 Å². The molecule has 0 N–H and O–H groups in total. The maximum atomic E-state index is 12.2. The molecule has 0 unspecified atom stereocenters. The second-order valence-electron chi connectivity index (χ2n) is 4.54. The zero-order valence-electron chi connectivity index (χ0n) is 11.7. The van der Waals surface area contributed by atoms with E-state index in [0.29, 0.717) is 16.8 Å². The van der Waals surface area contributed by atoms with Gasteiger partial charge in [-0.1, -0.05) is 18.2 Å². The van der Waals surface area contributed by atoms with Crippen molar-refractivity contribution in [3.05, 3.63) is 63.3 Å². The number of methoxy groups -OCH3 is 1. The molecule has 2 rings (SSSR count). The van der Waals surface area contributed by atoms with Crippen LogP contribution in [0.25, 0.3) is 0 Å². The minimum Gasteiger partial charge on any atom is -0.465 e. The molecule has 0 saturated heterocycles. The van der Waals surface area contributed by atoms with Crippen LogP contribution in [0.5, 0.6) is 0 Å². The lowest BCUT2D eigenvalue weighted by Gasteiger charge is -2.10. The first-order valence-electron chi connectivity index (χ1n) is 6.23. The summed E-state index contributed by atoms with van der Waals surface area (Å²) < 4.78 is 6.24. The first kappa shape index (κ1) is 14.0. The lowest BCUT2D eigenvalue weighted by atomic mass is 10.1. The van der Waals surface area contributed by atoms with Gasteiger partial charge in [0.15, 0.2) is 0 Å². The molecule has 104 valence electrons. The van der Waals surface area contributed by atoms with E-state index in [1.807, 2.05) is 6.07 Å². The van der Waals surface area contributed by atoms with Crippen LogP contribution in [-0.4, -0.2) is 22.6 Å². The van der Waals surface area contributed by atoms with Crippen molar-refractivity contribution < 1.29 is 9.53 Å². The zero-order chi connectivity index (χ0) is 14.7. The monoisotopic (exact) mass is 272 g/mol. The van der Waals surface area contributed by atoms with Gasteiger partial charge in [-0.05, 0) is 25.5 Å². The fraction of sp³-hybridized carbons (Fsp3) is 0.267. The van der Waals surface area contributed by atoms with E-state index in [-0.39, 0.29) is 12.1 Å². The molecule has 20 heavy (non-hydrogen) atoms. The van der Waals surface area contributed by atoms with Crippen molar-refractivity contribution in [3.8, 4) is 0 Å². The standard InChI is InChI=1S/C15H16N2O3/c1-10-11(2)16-9-17(14(10)18)8-12-6-4-5-7-13(12)15(19)20-3/h4-7,9H,8H2,1-3H3. The minimum absolute atomic E-state index is 0.0998. The summed E-state index contributed by atoms with van der Waals surface area (Å²) in [5, 5.41) is 0. The van der Waals surface area contributed by atoms with E-state index in [1.54, 1.807) is 32.0 Å². The largest absolute Gasteiger partial charge is 0.465 e. The molecule has 2 aromatic rings. The molecule has 5 nitrogen and oxygen atoms in total. The molecule has 0 aliphatic carbocycles. The number of carbonyl (C=O) groups is 1. The van der Waals surface area contributed by atoms with Crippen molar-refractivity contribution in [1.29, 1.82) is 0 Å². The third kappa shape index (κ3) is 2.61. The fourth-order valence-corrected chi connectivity index (χ4v) is 1.94. The van der Waals surface area contributed by atoms with Crippen LogP contribution in [0, 0.1) is 13.8 Å². The van der Waals surface area contributed by atoms with Gasteiger partial charge < -0.3 is 4.74 Å². The van der Waals surface area contributed by atoms with Gasteiger partial charge in [0.2, 0.25) is 0 Å². The SMILES string of the molecule is COC(=O)c1ccccc1Cn1cnc(C)c(C)c1=O. The average molecular weight is 272 g/mol. The molecule has 5 heteroatoms. The van der Waals surface area contributed by atoms with E-state index in [0.717, 1.165) is 5.56 Å². The number of aromatic nitrogens is 2. The van der Waals surface area contributed by atoms with Crippen molar-refractivity contribution in [2.75, 3.05) is 7.11 Å². The Hall–Kier alpha value is -2.43. The topological polar surface area (TPSA) is 61.2 Å². The molecule has 0 spiro atoms. The molecule has 1 heterocycles. The van der Waals surface area contributed by atoms with Crippen molar-refractivity contribution in [2.24, 2.45) is 0 Å². The van der Waals surface area contributed by atoms with Crippen molar-refractivity contribution >= 4 is 5.97 Å². The van der Waals surface area contributed by atoms with E-state index >= 15 is 0 Å². The molecule has 0 amide bonds. The molecular weight excluding hydrogens is 256 g/mol. The van der Waals surface area contributed by atoms with Gasteiger partial charge in [0.1, 0.15) is 0 Å². The summed E-state index contributed by atoms with van der Waals surface area (Å²) >= 11 is 0. The van der Waals surface area contributed by atoms with Gasteiger partial charge in [0, 0.05) is 11.3 Å². The second-order valence-corrected chi connectivity index (χ2v) is 4.54. The van der Waals surface area contributed by atoms with E-state index in [4.69, 9.17) is 4.74 Å².